The van der Waals surface area contributed by atoms with Crippen molar-refractivity contribution < 1.29 is 9.59 Å². The molecule has 2 aromatic rings. The van der Waals surface area contributed by atoms with Gasteiger partial charge in [0.2, 0.25) is 11.8 Å². The Bertz CT molecular complexity index is 735. The molecule has 2 rings (SSSR count). The largest absolute Gasteiger partial charge is 0.345 e. The van der Waals surface area contributed by atoms with Crippen molar-refractivity contribution in [1.29, 1.82) is 0 Å². The summed E-state index contributed by atoms with van der Waals surface area (Å²) in [6.07, 6.45) is 3.62. The van der Waals surface area contributed by atoms with E-state index in [1.54, 1.807) is 38.1 Å². The third-order valence-corrected chi connectivity index (χ3v) is 4.18. The third-order valence-electron chi connectivity index (χ3n) is 4.18. The van der Waals surface area contributed by atoms with Gasteiger partial charge in [-0.3, -0.25) is 14.6 Å². The first-order chi connectivity index (χ1) is 11.4. The Morgan fingerprint density at radius 3 is 2.62 bits per heavy atom. The van der Waals surface area contributed by atoms with E-state index >= 15 is 0 Å². The Morgan fingerprint density at radius 1 is 1.21 bits per heavy atom. The van der Waals surface area contributed by atoms with Crippen LogP contribution < -0.4 is 5.32 Å². The van der Waals surface area contributed by atoms with Crippen LogP contribution in [0, 0.1) is 5.41 Å². The van der Waals surface area contributed by atoms with E-state index in [4.69, 9.17) is 0 Å². The van der Waals surface area contributed by atoms with Crippen molar-refractivity contribution in [1.82, 2.24) is 9.88 Å². The summed E-state index contributed by atoms with van der Waals surface area (Å²) in [5.74, 6) is -0.504. The second kappa shape index (κ2) is 7.43. The van der Waals surface area contributed by atoms with Crippen LogP contribution in [0.25, 0.3) is 10.9 Å². The standard InChI is InChI=1S/C19H25N3O2/c1-5-6-13-22(4)18(24)19(2,3)17(23)21-15-11-7-9-14-10-8-12-20-16(14)15/h7-12H,5-6,13H2,1-4H3,(H,21,23). The molecule has 0 radical (unpaired) electrons. The number of pyridine rings is 1. The molecule has 0 bridgehead atoms. The van der Waals surface area contributed by atoms with Gasteiger partial charge in [0.05, 0.1) is 11.2 Å². The average Bonchev–Trinajstić information content (AvgIpc) is 2.59. The van der Waals surface area contributed by atoms with Gasteiger partial charge in [-0.05, 0) is 32.4 Å². The number of nitrogens with one attached hydrogen (secondary N) is 1. The zero-order chi connectivity index (χ0) is 17.7. The highest BCUT2D eigenvalue weighted by atomic mass is 16.2. The number of hydrogen-bond acceptors (Lipinski definition) is 3. The van der Waals surface area contributed by atoms with E-state index in [9.17, 15) is 9.59 Å². The fourth-order valence-electron chi connectivity index (χ4n) is 2.55. The Balaban J connectivity index is 2.19. The molecular weight excluding hydrogens is 302 g/mol. The molecule has 0 fully saturated rings. The highest BCUT2D eigenvalue weighted by molar-refractivity contribution is 6.11. The number of anilines is 1. The molecule has 2 amide bonds. The van der Waals surface area contributed by atoms with Crippen LogP contribution in [0.4, 0.5) is 5.69 Å². The lowest BCUT2D eigenvalue weighted by Gasteiger charge is -2.28. The normalized spacial score (nSPS) is 11.3. The monoisotopic (exact) mass is 327 g/mol. The molecule has 0 atom stereocenters. The fourth-order valence-corrected chi connectivity index (χ4v) is 2.55. The summed E-state index contributed by atoms with van der Waals surface area (Å²) in [5.41, 5.74) is 0.200. The Morgan fingerprint density at radius 2 is 1.92 bits per heavy atom. The number of carbonyl (C=O) groups is 2. The molecule has 0 spiro atoms. The van der Waals surface area contributed by atoms with Crippen LogP contribution in [-0.4, -0.2) is 35.3 Å². The summed E-state index contributed by atoms with van der Waals surface area (Å²) in [7, 11) is 1.74. The zero-order valence-corrected chi connectivity index (χ0v) is 14.8. The summed E-state index contributed by atoms with van der Waals surface area (Å²) < 4.78 is 0. The molecule has 0 aliphatic heterocycles. The maximum atomic E-state index is 12.7. The molecule has 0 aliphatic carbocycles. The van der Waals surface area contributed by atoms with Crippen LogP contribution >= 0.6 is 0 Å². The van der Waals surface area contributed by atoms with E-state index in [-0.39, 0.29) is 11.8 Å². The lowest BCUT2D eigenvalue weighted by molar-refractivity contribution is -0.145. The molecule has 128 valence electrons. The first-order valence-electron chi connectivity index (χ1n) is 8.28. The third kappa shape index (κ3) is 3.72. The number of hydrogen-bond donors (Lipinski definition) is 1. The molecule has 0 unspecified atom stereocenters. The van der Waals surface area contributed by atoms with E-state index < -0.39 is 5.41 Å². The Labute approximate surface area is 143 Å². The second-order valence-electron chi connectivity index (χ2n) is 6.54. The summed E-state index contributed by atoms with van der Waals surface area (Å²) >= 11 is 0. The predicted octanol–water partition coefficient (Wildman–Crippen LogP) is 3.46. The number of nitrogens with zero attached hydrogens (tertiary/aromatic N) is 2. The topological polar surface area (TPSA) is 62.3 Å². The van der Waals surface area contributed by atoms with Gasteiger partial charge in [-0.1, -0.05) is 31.5 Å². The van der Waals surface area contributed by atoms with Gasteiger partial charge in [0, 0.05) is 25.2 Å². The summed E-state index contributed by atoms with van der Waals surface area (Å²) in [5, 5.41) is 3.81. The number of unbranched alkanes of at least 4 members (excludes halogenated alkanes) is 1. The van der Waals surface area contributed by atoms with Crippen molar-refractivity contribution in [2.24, 2.45) is 5.41 Å². The van der Waals surface area contributed by atoms with E-state index in [0.29, 0.717) is 12.2 Å². The van der Waals surface area contributed by atoms with Crippen molar-refractivity contribution in [2.75, 3.05) is 18.9 Å². The molecule has 0 saturated heterocycles. The summed E-state index contributed by atoms with van der Waals surface area (Å²) in [4.78, 5) is 31.3. The SMILES string of the molecule is CCCCN(C)C(=O)C(C)(C)C(=O)Nc1cccc2cccnc12. The molecule has 1 aromatic carbocycles. The van der Waals surface area contributed by atoms with E-state index in [0.717, 1.165) is 23.7 Å². The minimum atomic E-state index is -1.14. The van der Waals surface area contributed by atoms with Crippen molar-refractivity contribution in [2.45, 2.75) is 33.6 Å². The van der Waals surface area contributed by atoms with Crippen LogP contribution in [0.3, 0.4) is 0 Å². The van der Waals surface area contributed by atoms with Gasteiger partial charge in [-0.2, -0.15) is 0 Å². The molecule has 5 nitrogen and oxygen atoms in total. The second-order valence-corrected chi connectivity index (χ2v) is 6.54. The van der Waals surface area contributed by atoms with Gasteiger partial charge in [-0.25, -0.2) is 0 Å². The van der Waals surface area contributed by atoms with Crippen LogP contribution in [0.2, 0.25) is 0 Å². The van der Waals surface area contributed by atoms with Crippen LogP contribution in [0.1, 0.15) is 33.6 Å². The summed E-state index contributed by atoms with van der Waals surface area (Å²) in [6, 6.07) is 9.39. The minimum absolute atomic E-state index is 0.179. The van der Waals surface area contributed by atoms with Gasteiger partial charge in [0.15, 0.2) is 0 Å². The van der Waals surface area contributed by atoms with Crippen LogP contribution in [0.15, 0.2) is 36.5 Å². The lowest BCUT2D eigenvalue weighted by atomic mass is 9.90. The smallest absolute Gasteiger partial charge is 0.239 e. The number of fused-ring (bicyclic) bond motifs is 1. The van der Waals surface area contributed by atoms with Crippen molar-refractivity contribution in [3.05, 3.63) is 36.5 Å². The number of benzene rings is 1. The van der Waals surface area contributed by atoms with Crippen molar-refractivity contribution in [3.8, 4) is 0 Å². The predicted molar refractivity (Wildman–Crippen MR) is 96.7 cm³/mol. The average molecular weight is 327 g/mol. The molecule has 24 heavy (non-hydrogen) atoms. The maximum Gasteiger partial charge on any atom is 0.239 e. The number of amides is 2. The van der Waals surface area contributed by atoms with Gasteiger partial charge in [0.25, 0.3) is 0 Å². The summed E-state index contributed by atoms with van der Waals surface area (Å²) in [6.45, 7) is 6.04. The Hall–Kier alpha value is -2.43. The molecule has 0 saturated carbocycles. The van der Waals surface area contributed by atoms with Gasteiger partial charge in [-0.15, -0.1) is 0 Å². The van der Waals surface area contributed by atoms with Gasteiger partial charge < -0.3 is 10.2 Å². The number of rotatable bonds is 6. The van der Waals surface area contributed by atoms with E-state index in [1.165, 1.54) is 0 Å². The molecular formula is C19H25N3O2. The number of aromatic nitrogens is 1. The van der Waals surface area contributed by atoms with Crippen molar-refractivity contribution >= 4 is 28.4 Å². The van der Waals surface area contributed by atoms with Crippen LogP contribution in [-0.2, 0) is 9.59 Å². The first-order valence-corrected chi connectivity index (χ1v) is 8.28. The lowest BCUT2D eigenvalue weighted by Crippen LogP contribution is -2.46. The highest BCUT2D eigenvalue weighted by Crippen LogP contribution is 2.25. The highest BCUT2D eigenvalue weighted by Gasteiger charge is 2.38. The first kappa shape index (κ1) is 17.9. The van der Waals surface area contributed by atoms with Crippen LogP contribution in [0.5, 0.6) is 0 Å². The molecule has 0 aliphatic rings. The molecule has 1 N–H and O–H groups in total. The fraction of sp³-hybridized carbons (Fsp3) is 0.421. The van der Waals surface area contributed by atoms with E-state index in [1.807, 2.05) is 24.3 Å². The minimum Gasteiger partial charge on any atom is -0.345 e. The van der Waals surface area contributed by atoms with Gasteiger partial charge >= 0.3 is 0 Å². The number of para-hydroxylation sites is 1. The zero-order valence-electron chi connectivity index (χ0n) is 14.8. The van der Waals surface area contributed by atoms with Gasteiger partial charge in [0.1, 0.15) is 5.41 Å². The molecule has 1 aromatic heterocycles. The quantitative estimate of drug-likeness (QED) is 0.827. The van der Waals surface area contributed by atoms with Crippen molar-refractivity contribution in [3.63, 3.8) is 0 Å². The number of carbonyl (C=O) groups excluding carboxylic acids is 2. The maximum absolute atomic E-state index is 12.7. The molecule has 5 heteroatoms. The molecule has 1 heterocycles. The van der Waals surface area contributed by atoms with E-state index in [2.05, 4.69) is 17.2 Å². The Kier molecular flexibility index (Phi) is 5.54.